The quantitative estimate of drug-likeness (QED) is 0.279. The largest absolute Gasteiger partial charge is 0.320 e. The van der Waals surface area contributed by atoms with Gasteiger partial charge in [0.05, 0.1) is 16.7 Å². The van der Waals surface area contributed by atoms with E-state index < -0.39 is 16.9 Å². The normalized spacial score (nSPS) is 20.4. The average molecular weight is 524 g/mol. The lowest BCUT2D eigenvalue weighted by Gasteiger charge is -2.29. The summed E-state index contributed by atoms with van der Waals surface area (Å²) in [4.78, 5) is 24.9. The third kappa shape index (κ3) is 4.54. The predicted octanol–water partition coefficient (Wildman–Crippen LogP) is 6.55. The number of nitro groups is 1. The zero-order chi connectivity index (χ0) is 25.4. The van der Waals surface area contributed by atoms with Gasteiger partial charge in [0.1, 0.15) is 6.20 Å². The maximum Gasteiger partial charge on any atom is 0.320 e. The highest BCUT2D eigenvalue weighted by molar-refractivity contribution is 6.30. The first-order chi connectivity index (χ1) is 17.4. The number of halogens is 2. The number of aryl methyl sites for hydroxylation is 1. The number of allylic oxidation sites excluding steroid dienone is 1. The van der Waals surface area contributed by atoms with E-state index in [9.17, 15) is 14.9 Å². The number of carbonyl (C=O) groups excluding carboxylic acids is 1. The zero-order valence-corrected chi connectivity index (χ0v) is 21.0. The Bertz CT molecular complexity index is 1380. The maximum atomic E-state index is 13.8. The molecule has 3 aromatic rings. The summed E-state index contributed by atoms with van der Waals surface area (Å²) in [5, 5.41) is 23.3. The van der Waals surface area contributed by atoms with Crippen molar-refractivity contribution < 1.29 is 9.72 Å². The molecule has 2 heterocycles. The fourth-order valence-corrected chi connectivity index (χ4v) is 5.14. The van der Waals surface area contributed by atoms with Crippen LogP contribution in [-0.4, -0.2) is 31.3 Å². The van der Waals surface area contributed by atoms with Crippen LogP contribution < -0.4 is 0 Å². The first-order valence-corrected chi connectivity index (χ1v) is 12.5. The fraction of sp³-hybridized carbons (Fsp3) is 0.269. The van der Waals surface area contributed by atoms with Gasteiger partial charge in [-0.15, -0.1) is 0 Å². The smallest absolute Gasteiger partial charge is 0.265 e. The number of amides is 1. The Balaban J connectivity index is 1.60. The van der Waals surface area contributed by atoms with Crippen LogP contribution >= 0.6 is 23.2 Å². The Labute approximate surface area is 218 Å². The van der Waals surface area contributed by atoms with E-state index in [2.05, 4.69) is 11.2 Å². The minimum absolute atomic E-state index is 0.0604. The average Bonchev–Trinajstić information content (AvgIpc) is 3.49. The fourth-order valence-electron chi connectivity index (χ4n) is 4.89. The van der Waals surface area contributed by atoms with E-state index in [1.165, 1.54) is 15.9 Å². The molecule has 1 aromatic heterocycles. The van der Waals surface area contributed by atoms with Gasteiger partial charge in [-0.05, 0) is 73.2 Å². The second kappa shape index (κ2) is 9.87. The van der Waals surface area contributed by atoms with Gasteiger partial charge in [0.15, 0.2) is 0 Å². The summed E-state index contributed by atoms with van der Waals surface area (Å²) in [6.45, 7) is 2.21. The Morgan fingerprint density at radius 1 is 1.14 bits per heavy atom. The van der Waals surface area contributed by atoms with Gasteiger partial charge in [-0.2, -0.15) is 10.2 Å². The summed E-state index contributed by atoms with van der Waals surface area (Å²) in [5.74, 6) is -0.656. The summed E-state index contributed by atoms with van der Waals surface area (Å²) < 4.78 is 1.39. The number of fused-ring (bicyclic) bond motifs is 1. The van der Waals surface area contributed by atoms with Crippen molar-refractivity contribution >= 4 is 46.6 Å². The van der Waals surface area contributed by atoms with Crippen molar-refractivity contribution in [3.05, 3.63) is 97.3 Å². The highest BCUT2D eigenvalue weighted by Crippen LogP contribution is 2.45. The zero-order valence-electron chi connectivity index (χ0n) is 19.5. The standard InChI is InChI=1S/C26H23Cl2N5O3/c1-2-31-15-22(33(35)36)24(29-31)26(34)32-25(17-8-12-20(28)13-9-17)21-5-3-4-18(23(21)30-32)14-16-6-10-19(27)11-7-16/h6-15,21,25H,2-5H2,1H3/b18-14+/t21-,25+/m0/s1. The van der Waals surface area contributed by atoms with Crippen molar-refractivity contribution in [2.45, 2.75) is 38.8 Å². The van der Waals surface area contributed by atoms with E-state index in [1.54, 1.807) is 19.1 Å². The molecule has 1 aliphatic carbocycles. The van der Waals surface area contributed by atoms with Gasteiger partial charge in [-0.3, -0.25) is 19.6 Å². The lowest BCUT2D eigenvalue weighted by Crippen LogP contribution is -2.32. The molecule has 36 heavy (non-hydrogen) atoms. The van der Waals surface area contributed by atoms with Gasteiger partial charge in [-0.25, -0.2) is 5.01 Å². The van der Waals surface area contributed by atoms with Crippen molar-refractivity contribution in [3.63, 3.8) is 0 Å². The molecule has 0 spiro atoms. The molecule has 0 N–H and O–H groups in total. The van der Waals surface area contributed by atoms with Crippen LogP contribution in [0.25, 0.3) is 6.08 Å². The van der Waals surface area contributed by atoms with E-state index in [-0.39, 0.29) is 17.3 Å². The van der Waals surface area contributed by atoms with Crippen LogP contribution in [0.3, 0.4) is 0 Å². The molecular weight excluding hydrogens is 501 g/mol. The van der Waals surface area contributed by atoms with E-state index in [1.807, 2.05) is 36.4 Å². The first kappa shape index (κ1) is 24.2. The minimum Gasteiger partial charge on any atom is -0.265 e. The Morgan fingerprint density at radius 3 is 2.44 bits per heavy atom. The first-order valence-electron chi connectivity index (χ1n) is 11.7. The Morgan fingerprint density at radius 2 is 1.81 bits per heavy atom. The van der Waals surface area contributed by atoms with Crippen LogP contribution in [0.15, 0.2) is 65.4 Å². The number of hydrazone groups is 1. The molecule has 184 valence electrons. The summed E-state index contributed by atoms with van der Waals surface area (Å²) in [7, 11) is 0. The van der Waals surface area contributed by atoms with Gasteiger partial charge < -0.3 is 0 Å². The number of benzene rings is 2. The van der Waals surface area contributed by atoms with Gasteiger partial charge in [0.2, 0.25) is 5.69 Å². The van der Waals surface area contributed by atoms with Crippen LogP contribution in [0.1, 0.15) is 53.8 Å². The van der Waals surface area contributed by atoms with Crippen molar-refractivity contribution in [2.24, 2.45) is 11.0 Å². The van der Waals surface area contributed by atoms with Gasteiger partial charge in [-0.1, -0.05) is 47.5 Å². The van der Waals surface area contributed by atoms with Crippen LogP contribution in [0.5, 0.6) is 0 Å². The number of carbonyl (C=O) groups is 1. The van der Waals surface area contributed by atoms with Crippen molar-refractivity contribution in [1.29, 1.82) is 0 Å². The van der Waals surface area contributed by atoms with Crippen LogP contribution in [0.4, 0.5) is 5.69 Å². The molecule has 0 bridgehead atoms. The van der Waals surface area contributed by atoms with E-state index in [4.69, 9.17) is 28.3 Å². The Hall–Kier alpha value is -3.49. The molecule has 10 heteroatoms. The lowest BCUT2D eigenvalue weighted by atomic mass is 9.77. The molecule has 8 nitrogen and oxygen atoms in total. The van der Waals surface area contributed by atoms with Gasteiger partial charge in [0, 0.05) is 22.5 Å². The molecule has 0 saturated heterocycles. The SMILES string of the molecule is CCn1cc([N+](=O)[O-])c(C(=O)N2N=C3/C(=C/c4ccc(Cl)cc4)CCC[C@@H]3[C@H]2c2ccc(Cl)cc2)n1. The topological polar surface area (TPSA) is 93.6 Å². The second-order valence-corrected chi connectivity index (χ2v) is 9.70. The molecule has 1 amide bonds. The monoisotopic (exact) mass is 523 g/mol. The Kier molecular flexibility index (Phi) is 6.64. The number of hydrogen-bond acceptors (Lipinski definition) is 5. The maximum absolute atomic E-state index is 13.8. The molecule has 1 fully saturated rings. The predicted molar refractivity (Wildman–Crippen MR) is 139 cm³/mol. The molecule has 1 saturated carbocycles. The third-order valence-corrected chi connectivity index (χ3v) is 7.10. The van der Waals surface area contributed by atoms with E-state index in [0.717, 1.165) is 41.7 Å². The van der Waals surface area contributed by atoms with Crippen molar-refractivity contribution in [1.82, 2.24) is 14.8 Å². The minimum atomic E-state index is -0.596. The van der Waals surface area contributed by atoms with Crippen LogP contribution in [-0.2, 0) is 6.54 Å². The molecular formula is C26H23Cl2N5O3. The molecule has 0 radical (unpaired) electrons. The molecule has 5 rings (SSSR count). The highest BCUT2D eigenvalue weighted by atomic mass is 35.5. The highest BCUT2D eigenvalue weighted by Gasteiger charge is 2.45. The molecule has 2 atom stereocenters. The van der Waals surface area contributed by atoms with Crippen LogP contribution in [0, 0.1) is 16.0 Å². The van der Waals surface area contributed by atoms with E-state index in [0.29, 0.717) is 16.6 Å². The number of hydrogen-bond donors (Lipinski definition) is 0. The van der Waals surface area contributed by atoms with E-state index >= 15 is 0 Å². The number of aromatic nitrogens is 2. The molecule has 1 aliphatic heterocycles. The summed E-state index contributed by atoms with van der Waals surface area (Å²) in [5.41, 5.74) is 3.17. The second-order valence-electron chi connectivity index (χ2n) is 8.83. The van der Waals surface area contributed by atoms with Crippen molar-refractivity contribution in [3.8, 4) is 0 Å². The van der Waals surface area contributed by atoms with Crippen molar-refractivity contribution in [2.75, 3.05) is 0 Å². The molecule has 0 unspecified atom stereocenters. The lowest BCUT2D eigenvalue weighted by molar-refractivity contribution is -0.385. The number of nitrogens with zero attached hydrogens (tertiary/aromatic N) is 5. The van der Waals surface area contributed by atoms with Gasteiger partial charge in [0.25, 0.3) is 0 Å². The molecule has 2 aliphatic rings. The molecule has 2 aromatic carbocycles. The summed E-state index contributed by atoms with van der Waals surface area (Å²) in [6, 6.07) is 14.4. The van der Waals surface area contributed by atoms with Crippen LogP contribution in [0.2, 0.25) is 10.0 Å². The van der Waals surface area contributed by atoms with Gasteiger partial charge >= 0.3 is 11.6 Å². The summed E-state index contributed by atoms with van der Waals surface area (Å²) >= 11 is 12.2. The summed E-state index contributed by atoms with van der Waals surface area (Å²) in [6.07, 6.45) is 5.94. The number of rotatable bonds is 5. The third-order valence-electron chi connectivity index (χ3n) is 6.60.